The first-order chi connectivity index (χ1) is 7.59. The predicted molar refractivity (Wildman–Crippen MR) is 61.3 cm³/mol. The maximum absolute atomic E-state index is 11.9. The van der Waals surface area contributed by atoms with Crippen molar-refractivity contribution < 1.29 is 8.42 Å². The molecule has 1 aromatic rings. The summed E-state index contributed by atoms with van der Waals surface area (Å²) in [5.41, 5.74) is 5.36. The summed E-state index contributed by atoms with van der Waals surface area (Å²) in [4.78, 5) is 6.30. The quantitative estimate of drug-likeness (QED) is 0.670. The van der Waals surface area contributed by atoms with Crippen LogP contribution >= 0.6 is 0 Å². The molecule has 0 bridgehead atoms. The predicted octanol–water partition coefficient (Wildman–Crippen LogP) is 0.159. The standard InChI is InChI=1S/C9H18N4O2S/c1-13(6-4-2-3-5-10)16(14,15)9-7-11-8-12-9/h7-8H,2-6,10H2,1H3,(H,11,12). The van der Waals surface area contributed by atoms with Crippen molar-refractivity contribution in [3.63, 3.8) is 0 Å². The van der Waals surface area contributed by atoms with Crippen molar-refractivity contribution in [2.75, 3.05) is 20.1 Å². The number of hydrogen-bond acceptors (Lipinski definition) is 4. The van der Waals surface area contributed by atoms with Crippen molar-refractivity contribution in [3.8, 4) is 0 Å². The summed E-state index contributed by atoms with van der Waals surface area (Å²) in [6, 6.07) is 0. The molecule has 1 aromatic heterocycles. The lowest BCUT2D eigenvalue weighted by Gasteiger charge is -2.15. The van der Waals surface area contributed by atoms with Crippen LogP contribution in [0.25, 0.3) is 0 Å². The second kappa shape index (κ2) is 5.97. The number of unbranched alkanes of at least 4 members (excludes halogenated alkanes) is 2. The molecule has 6 nitrogen and oxygen atoms in total. The van der Waals surface area contributed by atoms with Crippen LogP contribution in [0.2, 0.25) is 0 Å². The van der Waals surface area contributed by atoms with Gasteiger partial charge in [0.05, 0.1) is 12.5 Å². The van der Waals surface area contributed by atoms with Crippen LogP contribution in [0.4, 0.5) is 0 Å². The van der Waals surface area contributed by atoms with Gasteiger partial charge in [-0.1, -0.05) is 6.42 Å². The third-order valence-corrected chi connectivity index (χ3v) is 4.12. The Morgan fingerprint density at radius 1 is 1.44 bits per heavy atom. The van der Waals surface area contributed by atoms with Crippen LogP contribution < -0.4 is 5.73 Å². The molecule has 3 N–H and O–H groups in total. The zero-order chi connectivity index (χ0) is 12.0. The van der Waals surface area contributed by atoms with Crippen LogP contribution in [0.1, 0.15) is 19.3 Å². The van der Waals surface area contributed by atoms with Gasteiger partial charge in [-0.2, -0.15) is 4.31 Å². The van der Waals surface area contributed by atoms with Crippen molar-refractivity contribution in [2.24, 2.45) is 5.73 Å². The lowest BCUT2D eigenvalue weighted by Crippen LogP contribution is -2.28. The summed E-state index contributed by atoms with van der Waals surface area (Å²) < 4.78 is 25.1. The molecule has 16 heavy (non-hydrogen) atoms. The van der Waals surface area contributed by atoms with Gasteiger partial charge in [0.1, 0.15) is 0 Å². The molecule has 0 amide bonds. The maximum atomic E-state index is 11.9. The van der Waals surface area contributed by atoms with E-state index in [1.165, 1.54) is 16.8 Å². The van der Waals surface area contributed by atoms with E-state index in [4.69, 9.17) is 5.73 Å². The number of imidazole rings is 1. The first-order valence-electron chi connectivity index (χ1n) is 5.24. The molecule has 0 fully saturated rings. The molecule has 92 valence electrons. The van der Waals surface area contributed by atoms with E-state index in [9.17, 15) is 8.42 Å². The van der Waals surface area contributed by atoms with Crippen LogP contribution in [0.15, 0.2) is 17.6 Å². The number of nitrogens with one attached hydrogen (secondary N) is 1. The summed E-state index contributed by atoms with van der Waals surface area (Å²) in [5.74, 6) is 0. The number of H-pyrrole nitrogens is 1. The minimum absolute atomic E-state index is 0.133. The molecule has 0 aliphatic carbocycles. The Hall–Kier alpha value is -0.920. The lowest BCUT2D eigenvalue weighted by molar-refractivity contribution is 0.451. The molecule has 0 radical (unpaired) electrons. The average molecular weight is 246 g/mol. The molecule has 0 aromatic carbocycles. The number of rotatable bonds is 7. The van der Waals surface area contributed by atoms with E-state index >= 15 is 0 Å². The molecule has 7 heteroatoms. The molecular formula is C9H18N4O2S. The molecule has 0 unspecified atom stereocenters. The first-order valence-corrected chi connectivity index (χ1v) is 6.68. The lowest BCUT2D eigenvalue weighted by atomic mass is 10.2. The number of aromatic nitrogens is 2. The highest BCUT2D eigenvalue weighted by molar-refractivity contribution is 7.89. The number of sulfonamides is 1. The van der Waals surface area contributed by atoms with E-state index in [2.05, 4.69) is 9.97 Å². The smallest absolute Gasteiger partial charge is 0.259 e. The van der Waals surface area contributed by atoms with Crippen LogP contribution in [0, 0.1) is 0 Å². The number of nitrogens with zero attached hydrogens (tertiary/aromatic N) is 2. The zero-order valence-corrected chi connectivity index (χ0v) is 10.2. The zero-order valence-electron chi connectivity index (χ0n) is 9.39. The topological polar surface area (TPSA) is 92.1 Å². The third kappa shape index (κ3) is 3.29. The summed E-state index contributed by atoms with van der Waals surface area (Å²) in [5, 5.41) is 0.133. The monoisotopic (exact) mass is 246 g/mol. The Labute approximate surface area is 95.9 Å². The van der Waals surface area contributed by atoms with Gasteiger partial charge in [-0.25, -0.2) is 13.4 Å². The van der Waals surface area contributed by atoms with Gasteiger partial charge in [-0.15, -0.1) is 0 Å². The van der Waals surface area contributed by atoms with Crippen LogP contribution in [-0.4, -0.2) is 42.8 Å². The molecule has 1 heterocycles. The van der Waals surface area contributed by atoms with Gasteiger partial charge in [0.25, 0.3) is 10.0 Å². The summed E-state index contributed by atoms with van der Waals surface area (Å²) >= 11 is 0. The molecule has 0 saturated heterocycles. The molecular weight excluding hydrogens is 228 g/mol. The average Bonchev–Trinajstić information content (AvgIpc) is 2.77. The van der Waals surface area contributed by atoms with E-state index in [1.54, 1.807) is 7.05 Å². The Bertz CT molecular complexity index is 388. The summed E-state index contributed by atoms with van der Waals surface area (Å²) in [6.07, 6.45) is 5.36. The second-order valence-electron chi connectivity index (χ2n) is 3.59. The van der Waals surface area contributed by atoms with Gasteiger partial charge in [0.15, 0.2) is 5.03 Å². The Morgan fingerprint density at radius 2 is 2.19 bits per heavy atom. The van der Waals surface area contributed by atoms with E-state index < -0.39 is 10.0 Å². The fraction of sp³-hybridized carbons (Fsp3) is 0.667. The number of aromatic amines is 1. The van der Waals surface area contributed by atoms with Crippen LogP contribution in [0.5, 0.6) is 0 Å². The molecule has 0 aliphatic heterocycles. The van der Waals surface area contributed by atoms with Gasteiger partial charge in [0, 0.05) is 13.6 Å². The van der Waals surface area contributed by atoms with Crippen molar-refractivity contribution in [1.82, 2.24) is 14.3 Å². The SMILES string of the molecule is CN(CCCCCN)S(=O)(=O)c1cnc[nH]1. The Morgan fingerprint density at radius 3 is 2.75 bits per heavy atom. The fourth-order valence-electron chi connectivity index (χ4n) is 1.33. The van der Waals surface area contributed by atoms with Gasteiger partial charge in [0.2, 0.25) is 0 Å². The normalized spacial score (nSPS) is 12.2. The van der Waals surface area contributed by atoms with Crippen molar-refractivity contribution in [3.05, 3.63) is 12.5 Å². The van der Waals surface area contributed by atoms with Gasteiger partial charge in [-0.3, -0.25) is 0 Å². The summed E-state index contributed by atoms with van der Waals surface area (Å²) in [6.45, 7) is 1.15. The maximum Gasteiger partial charge on any atom is 0.259 e. The molecule has 0 atom stereocenters. The highest BCUT2D eigenvalue weighted by Gasteiger charge is 2.21. The van der Waals surface area contributed by atoms with E-state index in [-0.39, 0.29) is 5.03 Å². The van der Waals surface area contributed by atoms with E-state index in [0.29, 0.717) is 13.1 Å². The van der Waals surface area contributed by atoms with Gasteiger partial charge >= 0.3 is 0 Å². The highest BCUT2D eigenvalue weighted by Crippen LogP contribution is 2.10. The largest absolute Gasteiger partial charge is 0.335 e. The van der Waals surface area contributed by atoms with Crippen molar-refractivity contribution in [2.45, 2.75) is 24.3 Å². The molecule has 0 saturated carbocycles. The van der Waals surface area contributed by atoms with Gasteiger partial charge < -0.3 is 10.7 Å². The van der Waals surface area contributed by atoms with E-state index in [0.717, 1.165) is 19.3 Å². The fourth-order valence-corrected chi connectivity index (χ4v) is 2.43. The molecule has 0 spiro atoms. The summed E-state index contributed by atoms with van der Waals surface area (Å²) in [7, 11) is -1.83. The van der Waals surface area contributed by atoms with Crippen LogP contribution in [0.3, 0.4) is 0 Å². The van der Waals surface area contributed by atoms with Crippen LogP contribution in [-0.2, 0) is 10.0 Å². The Balaban J connectivity index is 2.50. The minimum atomic E-state index is -3.40. The second-order valence-corrected chi connectivity index (χ2v) is 5.61. The Kier molecular flexibility index (Phi) is 4.91. The van der Waals surface area contributed by atoms with Crippen molar-refractivity contribution >= 4 is 10.0 Å². The highest BCUT2D eigenvalue weighted by atomic mass is 32.2. The number of nitrogens with two attached hydrogens (primary N) is 1. The van der Waals surface area contributed by atoms with Crippen molar-refractivity contribution in [1.29, 1.82) is 0 Å². The first kappa shape index (κ1) is 13.1. The van der Waals surface area contributed by atoms with E-state index in [1.807, 2.05) is 0 Å². The van der Waals surface area contributed by atoms with Gasteiger partial charge in [-0.05, 0) is 19.4 Å². The number of hydrogen-bond donors (Lipinski definition) is 2. The minimum Gasteiger partial charge on any atom is -0.335 e. The molecule has 1 rings (SSSR count). The molecule has 0 aliphatic rings. The third-order valence-electron chi connectivity index (χ3n) is 2.34.